The number of amides is 8. The van der Waals surface area contributed by atoms with Crippen LogP contribution in [0.2, 0.25) is 0 Å². The Balaban J connectivity index is 0.000000159. The third-order valence-corrected chi connectivity index (χ3v) is 24.6. The lowest BCUT2D eigenvalue weighted by molar-refractivity contribution is -0.156. The van der Waals surface area contributed by atoms with Crippen LogP contribution in [0.5, 0.6) is 0 Å². The summed E-state index contributed by atoms with van der Waals surface area (Å²) in [6.45, 7) is 20.9. The number of ether oxygens (including phenoxy) is 2. The molecule has 11 heterocycles. The number of nitrogens with zero attached hydrogens (tertiary/aromatic N) is 14. The number of carbonyl (C=O) groups excluding carboxylic acids is 7. The number of hydrogen-bond donors (Lipinski definition) is 9. The van der Waals surface area contributed by atoms with Crippen molar-refractivity contribution in [3.63, 3.8) is 0 Å². The van der Waals surface area contributed by atoms with Gasteiger partial charge < -0.3 is 45.2 Å². The number of nitrogens with one attached hydrogen (secondary N) is 8. The van der Waals surface area contributed by atoms with Crippen LogP contribution < -0.4 is 57.2 Å². The van der Waals surface area contributed by atoms with E-state index in [1.54, 1.807) is 79.4 Å². The van der Waals surface area contributed by atoms with E-state index in [4.69, 9.17) is 9.47 Å². The van der Waals surface area contributed by atoms with Gasteiger partial charge in [0, 0.05) is 140 Å². The molecular formula is C75H83BrN22O11S5. The monoisotopic (exact) mass is 1710 g/mol. The highest BCUT2D eigenvalue weighted by molar-refractivity contribution is 9.10. The van der Waals surface area contributed by atoms with E-state index in [-0.39, 0.29) is 41.8 Å². The zero-order valence-corrected chi connectivity index (χ0v) is 69.1. The molecule has 3 aromatic carbocycles. The molecule has 3 saturated heterocycles. The third kappa shape index (κ3) is 19.7. The van der Waals surface area contributed by atoms with E-state index in [0.717, 1.165) is 25.8 Å². The fraction of sp³-hybridized carbons (Fsp3) is 0.373. The predicted molar refractivity (Wildman–Crippen MR) is 447 cm³/mol. The smallest absolute Gasteiger partial charge is 0.321 e. The average Bonchev–Trinajstić information content (AvgIpc) is 1.64. The van der Waals surface area contributed by atoms with Crippen LogP contribution in [0.4, 0.5) is 57.9 Å². The van der Waals surface area contributed by atoms with Crippen LogP contribution in [0.3, 0.4) is 0 Å². The summed E-state index contributed by atoms with van der Waals surface area (Å²) in [4.78, 5) is 154. The first kappa shape index (κ1) is 82.3. The minimum Gasteiger partial charge on any atom is -0.481 e. The molecule has 8 aromatic heterocycles. The van der Waals surface area contributed by atoms with Gasteiger partial charge in [0.15, 0.2) is 25.7 Å². The second-order valence-corrected chi connectivity index (χ2v) is 33.0. The van der Waals surface area contributed by atoms with Crippen LogP contribution in [0.25, 0.3) is 64.0 Å². The number of fused-ring (bicyclic) bond motifs is 3. The lowest BCUT2D eigenvalue weighted by Crippen LogP contribution is -2.44. The molecule has 3 aliphatic heterocycles. The molecule has 0 radical (unpaired) electrons. The molecule has 0 unspecified atom stereocenters. The lowest BCUT2D eigenvalue weighted by Gasteiger charge is -2.37. The van der Waals surface area contributed by atoms with Crippen molar-refractivity contribution >= 4 is 195 Å². The Morgan fingerprint density at radius 1 is 0.421 bits per heavy atom. The summed E-state index contributed by atoms with van der Waals surface area (Å²) >= 11 is 10.1. The number of halogens is 1. The number of esters is 2. The van der Waals surface area contributed by atoms with Crippen LogP contribution in [-0.4, -0.2) is 180 Å². The molecular weight excluding hydrogens is 1630 g/mol. The fourth-order valence-corrected chi connectivity index (χ4v) is 17.1. The minimum atomic E-state index is -0.783. The van der Waals surface area contributed by atoms with Crippen molar-refractivity contribution in [2.75, 3.05) is 113 Å². The van der Waals surface area contributed by atoms with E-state index in [2.05, 4.69) is 123 Å². The summed E-state index contributed by atoms with van der Waals surface area (Å²) in [6, 6.07) is 10.1. The van der Waals surface area contributed by atoms with E-state index < -0.39 is 22.2 Å². The van der Waals surface area contributed by atoms with Crippen LogP contribution >= 0.6 is 72.6 Å². The van der Waals surface area contributed by atoms with Crippen molar-refractivity contribution in [3.05, 3.63) is 112 Å². The average molecular weight is 1710 g/mol. The van der Waals surface area contributed by atoms with Crippen LogP contribution in [0, 0.1) is 16.2 Å². The SMILES string of the molecule is CCNC(=O)Nc1nc2cc(-c3cnc(N4CCC(C)(C(=O)O)CC4)nc3)cc(C(=O)Nc3nccs3)c2s1.CCNC(=O)Nc1nc2cc(-c3cnc(N4CCC(C)(C(=O)OCC)CC4)nc3)cc(Br)c2s1.CCNC(=O)Nc1nc2cc(-c3cnc(N4CCC(C)(C(=O)OCC)CC4)nc3)cc(C(=O)Nc3nccs3)c2s1. The van der Waals surface area contributed by atoms with Gasteiger partial charge in [-0.1, -0.05) is 34.0 Å². The highest BCUT2D eigenvalue weighted by atomic mass is 79.9. The predicted octanol–water partition coefficient (Wildman–Crippen LogP) is 13.9. The number of anilines is 8. The Labute approximate surface area is 682 Å². The van der Waals surface area contributed by atoms with Gasteiger partial charge in [-0.25, -0.2) is 69.2 Å². The molecule has 0 bridgehead atoms. The van der Waals surface area contributed by atoms with Crippen molar-refractivity contribution in [1.29, 1.82) is 0 Å². The molecule has 9 N–H and O–H groups in total. The molecule has 3 fully saturated rings. The number of urea groups is 3. The van der Waals surface area contributed by atoms with Gasteiger partial charge in [0.2, 0.25) is 17.8 Å². The Kier molecular flexibility index (Phi) is 26.6. The van der Waals surface area contributed by atoms with E-state index >= 15 is 0 Å². The summed E-state index contributed by atoms with van der Waals surface area (Å²) in [6.07, 6.45) is 17.4. The van der Waals surface area contributed by atoms with Gasteiger partial charge >= 0.3 is 36.0 Å². The highest BCUT2D eigenvalue weighted by Gasteiger charge is 2.41. The molecule has 11 aromatic rings. The Hall–Kier alpha value is -11.1. The zero-order chi connectivity index (χ0) is 80.8. The Bertz CT molecular complexity index is 5280. The van der Waals surface area contributed by atoms with Crippen molar-refractivity contribution in [1.82, 2.24) is 70.8 Å². The molecule has 0 saturated carbocycles. The molecule has 33 nitrogen and oxygen atoms in total. The lowest BCUT2D eigenvalue weighted by atomic mass is 9.80. The second kappa shape index (κ2) is 36.8. The quantitative estimate of drug-likeness (QED) is 0.0302. The van der Waals surface area contributed by atoms with Gasteiger partial charge in [-0.15, -0.1) is 22.7 Å². The summed E-state index contributed by atoms with van der Waals surface area (Å²) in [5, 5.41) is 37.1. The first-order valence-corrected chi connectivity index (χ1v) is 41.7. The highest BCUT2D eigenvalue weighted by Crippen LogP contribution is 2.41. The molecule has 596 valence electrons. The summed E-state index contributed by atoms with van der Waals surface area (Å²) < 4.78 is 13.6. The van der Waals surface area contributed by atoms with Crippen molar-refractivity contribution < 1.29 is 52.9 Å². The van der Waals surface area contributed by atoms with Gasteiger partial charge in [-0.05, 0) is 163 Å². The molecule has 0 spiro atoms. The standard InChI is InChI=1S/C27H30N8O4S2.C25H26N8O4S2.C23H27BrN6O3S/c1-4-28-24(38)34-26-32-19-13-16(12-18(20(19)41-26)21(36)33-25-29-8-11-40-25)17-14-30-23(31-15-17)35-9-6-27(3,7-10-35)22(37)39-5-2;1-3-26-22(37)32-24-30-17-11-14(10-16(18(17)39-24)19(34)31-23-27-6-9-38-23)15-12-28-21(29-13-15)33-7-4-25(2,5-8-33)20(35)36;1-4-25-21(32)29-22-28-17-11-14(10-16(24)18(17)34-22)15-12-26-20(27-13-15)30-8-6-23(3,7-9-30)19(31)33-5-2/h8,11-15H,4-7,9-10H2,1-3H3,(H,29,33,36)(H2,28,32,34,38);6,9-13H,3-5,7-8H2,1-2H3,(H,35,36)(H,27,31,34)(H2,26,30,32,37);10-13H,4-9H2,1-3H3,(H2,25,28,29,32). The maximum absolute atomic E-state index is 13.3. The maximum atomic E-state index is 13.3. The summed E-state index contributed by atoms with van der Waals surface area (Å²) in [7, 11) is 0. The number of rotatable bonds is 21. The molecule has 0 atom stereocenters. The number of thiazole rings is 5. The van der Waals surface area contributed by atoms with Crippen molar-refractivity contribution in [2.24, 2.45) is 16.2 Å². The summed E-state index contributed by atoms with van der Waals surface area (Å²) in [5.74, 6) is -0.00838. The number of aromatic nitrogens is 11. The van der Waals surface area contributed by atoms with Gasteiger partial charge in [0.25, 0.3) is 11.8 Å². The molecule has 3 aliphatic rings. The van der Waals surface area contributed by atoms with E-state index in [1.807, 2.05) is 77.6 Å². The molecule has 0 aliphatic carbocycles. The fourth-order valence-electron chi connectivity index (χ4n) is 12.6. The largest absolute Gasteiger partial charge is 0.481 e. The van der Waals surface area contributed by atoms with Crippen molar-refractivity contribution in [2.45, 2.75) is 93.9 Å². The Morgan fingerprint density at radius 2 is 0.737 bits per heavy atom. The van der Waals surface area contributed by atoms with Gasteiger partial charge in [0.05, 0.1) is 71.2 Å². The first-order chi connectivity index (χ1) is 54.9. The maximum Gasteiger partial charge on any atom is 0.321 e. The molecule has 8 amide bonds. The summed E-state index contributed by atoms with van der Waals surface area (Å²) in [5.41, 5.74) is 5.54. The molecule has 14 rings (SSSR count). The van der Waals surface area contributed by atoms with Crippen LogP contribution in [0.1, 0.15) is 115 Å². The number of carboxylic acids is 1. The van der Waals surface area contributed by atoms with E-state index in [1.165, 1.54) is 56.7 Å². The second-order valence-electron chi connectivity index (χ2n) is 27.3. The molecule has 114 heavy (non-hydrogen) atoms. The number of carboxylic acid groups (broad SMARTS) is 1. The zero-order valence-electron chi connectivity index (χ0n) is 63.5. The van der Waals surface area contributed by atoms with Crippen LogP contribution in [0.15, 0.2) is 101 Å². The van der Waals surface area contributed by atoms with Gasteiger partial charge in [-0.2, -0.15) is 0 Å². The third-order valence-electron chi connectivity index (χ3n) is 19.3. The Morgan fingerprint density at radius 3 is 1.04 bits per heavy atom. The van der Waals surface area contributed by atoms with E-state index in [9.17, 15) is 43.5 Å². The first-order valence-electron chi connectivity index (χ1n) is 36.7. The van der Waals surface area contributed by atoms with Crippen LogP contribution in [-0.2, 0) is 23.9 Å². The number of carbonyl (C=O) groups is 8. The molecule has 39 heteroatoms. The van der Waals surface area contributed by atoms with Crippen molar-refractivity contribution in [3.8, 4) is 33.4 Å². The topological polar surface area (TPSA) is 423 Å². The minimum absolute atomic E-state index is 0.127. The van der Waals surface area contributed by atoms with Gasteiger partial charge in [0.1, 0.15) is 0 Å². The number of piperidine rings is 3. The van der Waals surface area contributed by atoms with E-state index in [0.29, 0.717) is 208 Å². The number of hydrogen-bond acceptors (Lipinski definition) is 29. The number of aliphatic carboxylic acids is 1. The number of benzene rings is 3. The normalized spacial score (nSPS) is 14.8. The van der Waals surface area contributed by atoms with Gasteiger partial charge in [-0.3, -0.25) is 50.6 Å².